The number of hydrogen-bond donors (Lipinski definition) is 1. The first-order valence-corrected chi connectivity index (χ1v) is 5.39. The Bertz CT molecular complexity index is 329. The third kappa shape index (κ3) is 4.14. The number of rotatable bonds is 6. The second kappa shape index (κ2) is 6.43. The highest BCUT2D eigenvalue weighted by molar-refractivity contribution is 5.24. The summed E-state index contributed by atoms with van der Waals surface area (Å²) in [4.78, 5) is 0. The Morgan fingerprint density at radius 3 is 2.81 bits per heavy atom. The molecule has 0 spiro atoms. The number of aliphatic hydroxyl groups is 1. The highest BCUT2D eigenvalue weighted by atomic mass is 19.1. The van der Waals surface area contributed by atoms with E-state index >= 15 is 0 Å². The van der Waals surface area contributed by atoms with Crippen molar-refractivity contribution >= 4 is 0 Å². The average molecular weight is 230 g/mol. The first-order chi connectivity index (χ1) is 7.63. The molecule has 0 amide bonds. The molecule has 2 nitrogen and oxygen atoms in total. The Kier molecular flexibility index (Phi) is 5.19. The number of halogens is 2. The van der Waals surface area contributed by atoms with Gasteiger partial charge in [-0.05, 0) is 31.4 Å². The van der Waals surface area contributed by atoms with Crippen LogP contribution in [-0.4, -0.2) is 17.8 Å². The predicted octanol–water partition coefficient (Wildman–Crippen LogP) is 2.89. The second-order valence-corrected chi connectivity index (χ2v) is 3.63. The topological polar surface area (TPSA) is 29.5 Å². The zero-order valence-corrected chi connectivity index (χ0v) is 9.25. The fourth-order valence-corrected chi connectivity index (χ4v) is 1.29. The highest BCUT2D eigenvalue weighted by Gasteiger charge is 2.05. The molecule has 0 aliphatic heterocycles. The maximum absolute atomic E-state index is 13.1. The van der Waals surface area contributed by atoms with E-state index in [-0.39, 0.29) is 18.5 Å². The fourth-order valence-electron chi connectivity index (χ4n) is 1.29. The number of aliphatic hydroxyl groups excluding tert-OH is 1. The first-order valence-electron chi connectivity index (χ1n) is 5.39. The van der Waals surface area contributed by atoms with Crippen LogP contribution in [0.5, 0.6) is 5.75 Å². The van der Waals surface area contributed by atoms with Crippen molar-refractivity contribution in [1.82, 2.24) is 0 Å². The van der Waals surface area contributed by atoms with Crippen molar-refractivity contribution in [2.75, 3.05) is 6.61 Å². The molecule has 1 N–H and O–H groups in total. The lowest BCUT2D eigenvalue weighted by molar-refractivity contribution is 0.148. The van der Waals surface area contributed by atoms with Crippen molar-refractivity contribution in [3.63, 3.8) is 0 Å². The first kappa shape index (κ1) is 12.9. The summed E-state index contributed by atoms with van der Waals surface area (Å²) in [6.07, 6.45) is 1.56. The van der Waals surface area contributed by atoms with Gasteiger partial charge in [0.15, 0.2) is 11.6 Å². The second-order valence-electron chi connectivity index (χ2n) is 3.63. The van der Waals surface area contributed by atoms with Gasteiger partial charge >= 0.3 is 0 Å². The number of ether oxygens (including phenoxy) is 1. The highest BCUT2D eigenvalue weighted by Crippen LogP contribution is 2.18. The monoisotopic (exact) mass is 230 g/mol. The standard InChI is InChI=1S/C12H16F2O2/c1-2-10(15)4-3-7-16-12-8-9(13)5-6-11(12)14/h5-6,8,10,15H,2-4,7H2,1H3. The maximum Gasteiger partial charge on any atom is 0.165 e. The largest absolute Gasteiger partial charge is 0.490 e. The Morgan fingerprint density at radius 1 is 1.38 bits per heavy atom. The van der Waals surface area contributed by atoms with Crippen LogP contribution >= 0.6 is 0 Å². The van der Waals surface area contributed by atoms with Crippen molar-refractivity contribution in [2.24, 2.45) is 0 Å². The van der Waals surface area contributed by atoms with Crippen LogP contribution in [0.25, 0.3) is 0 Å². The lowest BCUT2D eigenvalue weighted by atomic mass is 10.1. The Hall–Kier alpha value is -1.16. The molecule has 1 aromatic carbocycles. The quantitative estimate of drug-likeness (QED) is 0.761. The summed E-state index contributed by atoms with van der Waals surface area (Å²) in [5.41, 5.74) is 0. The van der Waals surface area contributed by atoms with Crippen molar-refractivity contribution in [3.05, 3.63) is 29.8 Å². The molecule has 0 aliphatic rings. The van der Waals surface area contributed by atoms with Gasteiger partial charge in [0.1, 0.15) is 5.82 Å². The van der Waals surface area contributed by atoms with E-state index in [0.717, 1.165) is 18.2 Å². The van der Waals surface area contributed by atoms with Gasteiger partial charge in [0.05, 0.1) is 12.7 Å². The molecule has 0 radical (unpaired) electrons. The van der Waals surface area contributed by atoms with Gasteiger partial charge < -0.3 is 9.84 Å². The summed E-state index contributed by atoms with van der Waals surface area (Å²) in [7, 11) is 0. The minimum Gasteiger partial charge on any atom is -0.490 e. The van der Waals surface area contributed by atoms with E-state index in [0.29, 0.717) is 19.3 Å². The third-order valence-electron chi connectivity index (χ3n) is 2.30. The number of hydrogen-bond acceptors (Lipinski definition) is 2. The van der Waals surface area contributed by atoms with Gasteiger partial charge in [-0.3, -0.25) is 0 Å². The zero-order valence-electron chi connectivity index (χ0n) is 9.25. The zero-order chi connectivity index (χ0) is 12.0. The molecule has 0 saturated carbocycles. The third-order valence-corrected chi connectivity index (χ3v) is 2.30. The van der Waals surface area contributed by atoms with Gasteiger partial charge in [0.25, 0.3) is 0 Å². The van der Waals surface area contributed by atoms with Crippen LogP contribution in [0.4, 0.5) is 8.78 Å². The Labute approximate surface area is 93.9 Å². The molecular weight excluding hydrogens is 214 g/mol. The summed E-state index contributed by atoms with van der Waals surface area (Å²) >= 11 is 0. The molecule has 1 unspecified atom stereocenters. The number of benzene rings is 1. The average Bonchev–Trinajstić information content (AvgIpc) is 2.28. The van der Waals surface area contributed by atoms with Crippen molar-refractivity contribution in [3.8, 4) is 5.75 Å². The van der Waals surface area contributed by atoms with Gasteiger partial charge in [-0.25, -0.2) is 8.78 Å². The molecule has 0 aliphatic carbocycles. The fraction of sp³-hybridized carbons (Fsp3) is 0.500. The molecule has 0 aromatic heterocycles. The van der Waals surface area contributed by atoms with E-state index in [4.69, 9.17) is 4.74 Å². The van der Waals surface area contributed by atoms with Crippen LogP contribution in [0.2, 0.25) is 0 Å². The van der Waals surface area contributed by atoms with Gasteiger partial charge in [-0.2, -0.15) is 0 Å². The minimum absolute atomic E-state index is 0.0778. The molecular formula is C12H16F2O2. The van der Waals surface area contributed by atoms with Gasteiger partial charge in [-0.15, -0.1) is 0 Å². The predicted molar refractivity (Wildman–Crippen MR) is 57.4 cm³/mol. The van der Waals surface area contributed by atoms with E-state index in [2.05, 4.69) is 0 Å². The van der Waals surface area contributed by atoms with E-state index in [9.17, 15) is 13.9 Å². The van der Waals surface area contributed by atoms with Crippen LogP contribution in [-0.2, 0) is 0 Å². The van der Waals surface area contributed by atoms with Crippen LogP contribution in [0.3, 0.4) is 0 Å². The van der Waals surface area contributed by atoms with E-state index in [1.165, 1.54) is 0 Å². The Morgan fingerprint density at radius 2 is 2.12 bits per heavy atom. The Balaban J connectivity index is 2.34. The lowest BCUT2D eigenvalue weighted by Crippen LogP contribution is -2.07. The van der Waals surface area contributed by atoms with Crippen LogP contribution in [0, 0.1) is 11.6 Å². The molecule has 0 saturated heterocycles. The molecule has 0 heterocycles. The van der Waals surface area contributed by atoms with Gasteiger partial charge in [0.2, 0.25) is 0 Å². The van der Waals surface area contributed by atoms with E-state index < -0.39 is 11.6 Å². The van der Waals surface area contributed by atoms with Crippen molar-refractivity contribution in [1.29, 1.82) is 0 Å². The maximum atomic E-state index is 13.1. The molecule has 1 rings (SSSR count). The van der Waals surface area contributed by atoms with Crippen molar-refractivity contribution < 1.29 is 18.6 Å². The summed E-state index contributed by atoms with van der Waals surface area (Å²) in [6, 6.07) is 3.10. The van der Waals surface area contributed by atoms with E-state index in [1.54, 1.807) is 0 Å². The molecule has 16 heavy (non-hydrogen) atoms. The van der Waals surface area contributed by atoms with E-state index in [1.807, 2.05) is 6.92 Å². The molecule has 0 bridgehead atoms. The van der Waals surface area contributed by atoms with Crippen LogP contribution in [0.15, 0.2) is 18.2 Å². The summed E-state index contributed by atoms with van der Waals surface area (Å²) in [5.74, 6) is -1.17. The summed E-state index contributed by atoms with van der Waals surface area (Å²) in [6.45, 7) is 2.16. The smallest absolute Gasteiger partial charge is 0.165 e. The molecule has 4 heteroatoms. The minimum atomic E-state index is -0.572. The molecule has 1 aromatic rings. The van der Waals surface area contributed by atoms with Gasteiger partial charge in [0, 0.05) is 6.07 Å². The van der Waals surface area contributed by atoms with Gasteiger partial charge in [-0.1, -0.05) is 6.92 Å². The van der Waals surface area contributed by atoms with Crippen molar-refractivity contribution in [2.45, 2.75) is 32.3 Å². The van der Waals surface area contributed by atoms with Crippen LogP contribution in [0.1, 0.15) is 26.2 Å². The molecule has 90 valence electrons. The SMILES string of the molecule is CCC(O)CCCOc1cc(F)ccc1F. The van der Waals surface area contributed by atoms with Crippen LogP contribution < -0.4 is 4.74 Å². The normalized spacial score (nSPS) is 12.5. The summed E-state index contributed by atoms with van der Waals surface area (Å²) in [5, 5.41) is 9.26. The summed E-state index contributed by atoms with van der Waals surface area (Å²) < 4.78 is 30.9. The lowest BCUT2D eigenvalue weighted by Gasteiger charge is -2.09. The molecule has 0 fully saturated rings. The molecule has 1 atom stereocenters.